The maximum absolute atomic E-state index is 13.8. The van der Waals surface area contributed by atoms with Crippen LogP contribution in [0.25, 0.3) is 0 Å². The number of para-hydroxylation sites is 1. The molecular weight excluding hydrogens is 362 g/mol. The minimum atomic E-state index is -3.81. The number of nitrogens with zero attached hydrogens (tertiary/aromatic N) is 1. The van der Waals surface area contributed by atoms with Crippen LogP contribution in [-0.2, 0) is 14.8 Å². The number of rotatable bonds is 6. The number of aryl methyl sites for hydroxylation is 1. The van der Waals surface area contributed by atoms with Crippen molar-refractivity contribution in [3.63, 3.8) is 0 Å². The molecule has 0 aliphatic rings. The fourth-order valence-corrected chi connectivity index (χ4v) is 3.79. The minimum absolute atomic E-state index is 0.114. The van der Waals surface area contributed by atoms with Gasteiger partial charge in [-0.1, -0.05) is 30.7 Å². The molecule has 1 amide bonds. The molecule has 5 nitrogen and oxygen atoms in total. The second-order valence-corrected chi connectivity index (χ2v) is 7.76. The number of nitrogens with one attached hydrogen (secondary N) is 1. The van der Waals surface area contributed by atoms with Crippen molar-refractivity contribution in [3.8, 4) is 0 Å². The third-order valence-corrected chi connectivity index (χ3v) is 5.01. The molecule has 0 aliphatic heterocycles. The normalized spacial score (nSPS) is 12.5. The van der Waals surface area contributed by atoms with Crippen LogP contribution in [0.3, 0.4) is 0 Å². The van der Waals surface area contributed by atoms with Gasteiger partial charge in [0.2, 0.25) is 15.9 Å². The summed E-state index contributed by atoms with van der Waals surface area (Å²) in [7, 11) is -3.81. The molecule has 26 heavy (non-hydrogen) atoms. The monoisotopic (exact) mass is 382 g/mol. The highest BCUT2D eigenvalue weighted by atomic mass is 32.2. The van der Waals surface area contributed by atoms with E-state index >= 15 is 0 Å². The first-order valence-electron chi connectivity index (χ1n) is 7.96. The summed E-state index contributed by atoms with van der Waals surface area (Å²) in [6.07, 6.45) is 1.09. The van der Waals surface area contributed by atoms with Gasteiger partial charge in [0.1, 0.15) is 23.4 Å². The molecule has 2 aromatic rings. The third-order valence-electron chi connectivity index (χ3n) is 3.83. The van der Waals surface area contributed by atoms with Gasteiger partial charge in [0.05, 0.1) is 11.9 Å². The Kier molecular flexibility index (Phi) is 5.97. The zero-order valence-electron chi connectivity index (χ0n) is 14.7. The van der Waals surface area contributed by atoms with Gasteiger partial charge in [0.25, 0.3) is 0 Å². The third kappa shape index (κ3) is 4.37. The van der Waals surface area contributed by atoms with E-state index in [0.29, 0.717) is 5.69 Å². The van der Waals surface area contributed by atoms with Crippen molar-refractivity contribution in [1.29, 1.82) is 0 Å². The first-order chi connectivity index (χ1) is 12.1. The van der Waals surface area contributed by atoms with E-state index in [1.165, 1.54) is 6.07 Å². The number of sulfonamides is 1. The van der Waals surface area contributed by atoms with Crippen LogP contribution in [0.1, 0.15) is 18.9 Å². The SMILES string of the molecule is CC[C@H](C(=O)Nc1c(F)cccc1F)N(c1ccc(C)cc1)S(C)(=O)=O. The molecule has 0 spiro atoms. The van der Waals surface area contributed by atoms with E-state index in [-0.39, 0.29) is 6.42 Å². The molecule has 2 rings (SSSR count). The predicted octanol–water partition coefficient (Wildman–Crippen LogP) is 3.46. The molecule has 0 fully saturated rings. The number of carbonyl (C=O) groups is 1. The largest absolute Gasteiger partial charge is 0.319 e. The maximum Gasteiger partial charge on any atom is 0.248 e. The van der Waals surface area contributed by atoms with Gasteiger partial charge < -0.3 is 5.32 Å². The van der Waals surface area contributed by atoms with Gasteiger partial charge in [-0.15, -0.1) is 0 Å². The number of benzene rings is 2. The van der Waals surface area contributed by atoms with E-state index in [0.717, 1.165) is 28.3 Å². The molecule has 8 heteroatoms. The van der Waals surface area contributed by atoms with Crippen molar-refractivity contribution < 1.29 is 22.0 Å². The highest BCUT2D eigenvalue weighted by molar-refractivity contribution is 7.92. The van der Waals surface area contributed by atoms with Crippen molar-refractivity contribution in [2.75, 3.05) is 15.9 Å². The topological polar surface area (TPSA) is 66.5 Å². The van der Waals surface area contributed by atoms with Gasteiger partial charge in [-0.25, -0.2) is 17.2 Å². The van der Waals surface area contributed by atoms with Gasteiger partial charge in [0, 0.05) is 0 Å². The van der Waals surface area contributed by atoms with Crippen LogP contribution >= 0.6 is 0 Å². The van der Waals surface area contributed by atoms with Crippen LogP contribution < -0.4 is 9.62 Å². The molecule has 0 aliphatic carbocycles. The van der Waals surface area contributed by atoms with E-state index in [9.17, 15) is 22.0 Å². The first-order valence-corrected chi connectivity index (χ1v) is 9.81. The lowest BCUT2D eigenvalue weighted by molar-refractivity contribution is -0.117. The highest BCUT2D eigenvalue weighted by Crippen LogP contribution is 2.25. The quantitative estimate of drug-likeness (QED) is 0.832. The van der Waals surface area contributed by atoms with E-state index in [1.54, 1.807) is 31.2 Å². The fourth-order valence-electron chi connectivity index (χ4n) is 2.58. The second-order valence-electron chi connectivity index (χ2n) is 5.90. The summed E-state index contributed by atoms with van der Waals surface area (Å²) < 4.78 is 53.2. The van der Waals surface area contributed by atoms with Crippen molar-refractivity contribution in [1.82, 2.24) is 0 Å². The molecule has 0 bridgehead atoms. The molecule has 1 N–H and O–H groups in total. The number of carbonyl (C=O) groups excluding carboxylic acids is 1. The van der Waals surface area contributed by atoms with Crippen LogP contribution in [0.5, 0.6) is 0 Å². The lowest BCUT2D eigenvalue weighted by Gasteiger charge is -2.30. The van der Waals surface area contributed by atoms with E-state index in [1.807, 2.05) is 6.92 Å². The van der Waals surface area contributed by atoms with Gasteiger partial charge >= 0.3 is 0 Å². The summed E-state index contributed by atoms with van der Waals surface area (Å²) in [6, 6.07) is 8.62. The number of hydrogen-bond donors (Lipinski definition) is 1. The average molecular weight is 382 g/mol. The summed E-state index contributed by atoms with van der Waals surface area (Å²) in [5.74, 6) is -2.69. The zero-order valence-corrected chi connectivity index (χ0v) is 15.5. The molecule has 0 aromatic heterocycles. The molecule has 140 valence electrons. The number of amides is 1. The molecule has 2 aromatic carbocycles. The Hall–Kier alpha value is -2.48. The van der Waals surface area contributed by atoms with Gasteiger partial charge in [-0.3, -0.25) is 9.10 Å². The highest BCUT2D eigenvalue weighted by Gasteiger charge is 2.32. The molecule has 0 saturated carbocycles. The molecule has 1 atom stereocenters. The van der Waals surface area contributed by atoms with Crippen molar-refractivity contribution in [2.24, 2.45) is 0 Å². The van der Waals surface area contributed by atoms with Crippen molar-refractivity contribution in [2.45, 2.75) is 26.3 Å². The van der Waals surface area contributed by atoms with E-state index in [4.69, 9.17) is 0 Å². The molecular formula is C18H20F2N2O3S. The molecule has 0 heterocycles. The molecule has 0 radical (unpaired) electrons. The number of anilines is 2. The first kappa shape index (κ1) is 19.8. The minimum Gasteiger partial charge on any atom is -0.319 e. The van der Waals surface area contributed by atoms with Crippen LogP contribution in [0.4, 0.5) is 20.2 Å². The smallest absolute Gasteiger partial charge is 0.248 e. The van der Waals surface area contributed by atoms with Crippen LogP contribution in [-0.4, -0.2) is 26.6 Å². The maximum atomic E-state index is 13.8. The zero-order chi connectivity index (χ0) is 19.5. The average Bonchev–Trinajstić information content (AvgIpc) is 2.56. The summed E-state index contributed by atoms with van der Waals surface area (Å²) in [6.45, 7) is 3.47. The standard InChI is InChI=1S/C18H20F2N2O3S/c1-4-16(18(23)21-17-14(19)6-5-7-15(17)20)22(26(3,24)25)13-10-8-12(2)9-11-13/h5-11,16H,4H2,1-3H3,(H,21,23)/t16-/m1/s1. The Balaban J connectivity index is 2.41. The summed E-state index contributed by atoms with van der Waals surface area (Å²) in [4.78, 5) is 12.6. The lowest BCUT2D eigenvalue weighted by atomic mass is 10.1. The Labute approximate surface area is 151 Å². The van der Waals surface area contributed by atoms with E-state index < -0.39 is 39.3 Å². The number of halogens is 2. The van der Waals surface area contributed by atoms with Crippen molar-refractivity contribution >= 4 is 27.3 Å². The molecule has 0 saturated heterocycles. The summed E-state index contributed by atoms with van der Waals surface area (Å²) in [5.41, 5.74) is 0.621. The van der Waals surface area contributed by atoms with Crippen LogP contribution in [0.15, 0.2) is 42.5 Å². The molecule has 0 unspecified atom stereocenters. The Morgan fingerprint density at radius 3 is 2.12 bits per heavy atom. The Morgan fingerprint density at radius 2 is 1.65 bits per heavy atom. The van der Waals surface area contributed by atoms with Crippen LogP contribution in [0.2, 0.25) is 0 Å². The Bertz CT molecular complexity index is 879. The van der Waals surface area contributed by atoms with E-state index in [2.05, 4.69) is 5.32 Å². The van der Waals surface area contributed by atoms with Crippen molar-refractivity contribution in [3.05, 3.63) is 59.7 Å². The van der Waals surface area contributed by atoms with Crippen LogP contribution in [0, 0.1) is 18.6 Å². The second kappa shape index (κ2) is 7.82. The fraction of sp³-hybridized carbons (Fsp3) is 0.278. The number of hydrogen-bond acceptors (Lipinski definition) is 3. The van der Waals surface area contributed by atoms with Gasteiger partial charge in [-0.2, -0.15) is 0 Å². The predicted molar refractivity (Wildman–Crippen MR) is 97.6 cm³/mol. The Morgan fingerprint density at radius 1 is 1.12 bits per heavy atom. The summed E-state index contributed by atoms with van der Waals surface area (Å²) in [5, 5.41) is 2.17. The summed E-state index contributed by atoms with van der Waals surface area (Å²) >= 11 is 0. The van der Waals surface area contributed by atoms with Gasteiger partial charge in [0.15, 0.2) is 0 Å². The van der Waals surface area contributed by atoms with Gasteiger partial charge in [-0.05, 0) is 37.6 Å². The lowest BCUT2D eigenvalue weighted by Crippen LogP contribution is -2.47.